The summed E-state index contributed by atoms with van der Waals surface area (Å²) in [7, 11) is 0. The van der Waals surface area contributed by atoms with Crippen molar-refractivity contribution < 1.29 is 9.21 Å². The Labute approximate surface area is 69.8 Å². The number of rotatable bonds is 1. The summed E-state index contributed by atoms with van der Waals surface area (Å²) in [5.74, 6) is -0.701. The first-order valence-corrected chi connectivity index (χ1v) is 3.38. The number of hydrogen-bond donors (Lipinski definition) is 0. The molecule has 1 amide bonds. The molecule has 0 saturated heterocycles. The molecule has 0 aromatic carbocycles. The van der Waals surface area contributed by atoms with Gasteiger partial charge in [-0.2, -0.15) is 0 Å². The third-order valence-corrected chi connectivity index (χ3v) is 1.35. The number of hydrogen-bond acceptors (Lipinski definition) is 2. The number of carbonyl (C=O) groups excluding carboxylic acids is 1. The van der Waals surface area contributed by atoms with Gasteiger partial charge in [0.25, 0.3) is 5.91 Å². The molecule has 0 N–H and O–H groups in total. The highest BCUT2D eigenvalue weighted by atomic mass is 79.9. The van der Waals surface area contributed by atoms with E-state index in [1.165, 1.54) is 6.07 Å². The van der Waals surface area contributed by atoms with Crippen molar-refractivity contribution >= 4 is 21.8 Å². The number of nitrogens with zero attached hydrogens (tertiary/aromatic N) is 3. The molecule has 0 spiro atoms. The SMILES string of the molecule is [N-]=[N+]=NC(=O)c1ccc(Br)o1. The van der Waals surface area contributed by atoms with Gasteiger partial charge < -0.3 is 4.42 Å². The molecule has 6 heteroatoms. The minimum absolute atomic E-state index is 0.0228. The third kappa shape index (κ3) is 1.83. The molecule has 1 rings (SSSR count). The fourth-order valence-corrected chi connectivity index (χ4v) is 0.826. The van der Waals surface area contributed by atoms with Crippen LogP contribution in [0.5, 0.6) is 0 Å². The van der Waals surface area contributed by atoms with Crippen LogP contribution >= 0.6 is 15.9 Å². The molecule has 11 heavy (non-hydrogen) atoms. The first kappa shape index (κ1) is 7.84. The number of amides is 1. The van der Waals surface area contributed by atoms with Gasteiger partial charge >= 0.3 is 0 Å². The van der Waals surface area contributed by atoms with Gasteiger partial charge in [0, 0.05) is 4.91 Å². The summed E-state index contributed by atoms with van der Waals surface area (Å²) < 4.78 is 5.23. The second-order valence-electron chi connectivity index (χ2n) is 1.60. The largest absolute Gasteiger partial charge is 0.446 e. The van der Waals surface area contributed by atoms with Crippen LogP contribution < -0.4 is 0 Å². The van der Waals surface area contributed by atoms with Crippen molar-refractivity contribution in [1.29, 1.82) is 0 Å². The summed E-state index contributed by atoms with van der Waals surface area (Å²) >= 11 is 3.00. The summed E-state index contributed by atoms with van der Waals surface area (Å²) in [6.07, 6.45) is 0. The molecule has 1 heterocycles. The van der Waals surface area contributed by atoms with Crippen molar-refractivity contribution in [3.05, 3.63) is 33.0 Å². The summed E-state index contributed by atoms with van der Waals surface area (Å²) in [6.45, 7) is 0. The molecule has 0 unspecified atom stereocenters. The predicted molar refractivity (Wildman–Crippen MR) is 39.9 cm³/mol. The van der Waals surface area contributed by atoms with E-state index in [4.69, 9.17) is 9.95 Å². The average Bonchev–Trinajstić information content (AvgIpc) is 2.36. The Hall–Kier alpha value is -1.26. The van der Waals surface area contributed by atoms with E-state index in [1.807, 2.05) is 0 Å². The Morgan fingerprint density at radius 3 is 2.91 bits per heavy atom. The van der Waals surface area contributed by atoms with Crippen LogP contribution in [0.2, 0.25) is 0 Å². The zero-order chi connectivity index (χ0) is 8.27. The van der Waals surface area contributed by atoms with Crippen molar-refractivity contribution in [2.24, 2.45) is 5.11 Å². The van der Waals surface area contributed by atoms with Crippen molar-refractivity contribution in [2.45, 2.75) is 0 Å². The second kappa shape index (κ2) is 3.23. The molecule has 0 bridgehead atoms. The van der Waals surface area contributed by atoms with Gasteiger partial charge in [-0.25, -0.2) is 0 Å². The molecule has 1 aromatic heterocycles. The fourth-order valence-electron chi connectivity index (χ4n) is 0.519. The van der Waals surface area contributed by atoms with E-state index in [2.05, 4.69) is 26.0 Å². The van der Waals surface area contributed by atoms with Crippen molar-refractivity contribution in [1.82, 2.24) is 0 Å². The van der Waals surface area contributed by atoms with E-state index in [1.54, 1.807) is 6.07 Å². The molecule has 0 atom stereocenters. The minimum Gasteiger partial charge on any atom is -0.446 e. The van der Waals surface area contributed by atoms with Gasteiger partial charge in [-0.15, -0.1) is 0 Å². The molecule has 0 aliphatic rings. The maximum Gasteiger partial charge on any atom is 0.284 e. The summed E-state index contributed by atoms with van der Waals surface area (Å²) in [6, 6.07) is 2.96. The molecule has 0 radical (unpaired) electrons. The number of halogens is 1. The normalized spacial score (nSPS) is 8.82. The lowest BCUT2D eigenvalue weighted by molar-refractivity contribution is 0.0973. The quantitative estimate of drug-likeness (QED) is 0.410. The zero-order valence-electron chi connectivity index (χ0n) is 5.19. The van der Waals surface area contributed by atoms with Crippen LogP contribution in [-0.2, 0) is 0 Å². The maximum atomic E-state index is 10.7. The van der Waals surface area contributed by atoms with Crippen LogP contribution in [0.15, 0.2) is 26.3 Å². The first-order chi connectivity index (χ1) is 5.24. The summed E-state index contributed by atoms with van der Waals surface area (Å²) in [5, 5.41) is 2.84. The molecule has 0 aliphatic heterocycles. The minimum atomic E-state index is -0.724. The topological polar surface area (TPSA) is 79.0 Å². The van der Waals surface area contributed by atoms with Gasteiger partial charge in [-0.05, 0) is 38.7 Å². The van der Waals surface area contributed by atoms with Crippen LogP contribution in [0.25, 0.3) is 10.4 Å². The zero-order valence-corrected chi connectivity index (χ0v) is 6.78. The highest BCUT2D eigenvalue weighted by molar-refractivity contribution is 9.10. The van der Waals surface area contributed by atoms with Crippen molar-refractivity contribution in [2.75, 3.05) is 0 Å². The van der Waals surface area contributed by atoms with E-state index in [0.29, 0.717) is 4.67 Å². The maximum absolute atomic E-state index is 10.7. The molecule has 5 nitrogen and oxygen atoms in total. The average molecular weight is 216 g/mol. The lowest BCUT2D eigenvalue weighted by atomic mass is 10.4. The van der Waals surface area contributed by atoms with Crippen LogP contribution in [0.1, 0.15) is 10.6 Å². The molecule has 0 saturated carbocycles. The van der Waals surface area contributed by atoms with Gasteiger partial charge in [0.15, 0.2) is 10.4 Å². The van der Waals surface area contributed by atoms with E-state index >= 15 is 0 Å². The molecule has 56 valence electrons. The first-order valence-electron chi connectivity index (χ1n) is 2.59. The van der Waals surface area contributed by atoms with Crippen molar-refractivity contribution in [3.8, 4) is 0 Å². The van der Waals surface area contributed by atoms with Gasteiger partial charge in [0.1, 0.15) is 0 Å². The predicted octanol–water partition coefficient (Wildman–Crippen LogP) is 2.49. The molecule has 1 aromatic rings. The van der Waals surface area contributed by atoms with Crippen LogP contribution in [-0.4, -0.2) is 5.91 Å². The number of azide groups is 1. The Balaban J connectivity index is 2.93. The van der Waals surface area contributed by atoms with Crippen molar-refractivity contribution in [3.63, 3.8) is 0 Å². The monoisotopic (exact) mass is 215 g/mol. The molecular weight excluding hydrogens is 214 g/mol. The fraction of sp³-hybridized carbons (Fsp3) is 0. The second-order valence-corrected chi connectivity index (χ2v) is 2.38. The van der Waals surface area contributed by atoms with Crippen LogP contribution in [0.4, 0.5) is 0 Å². The van der Waals surface area contributed by atoms with Crippen LogP contribution in [0, 0.1) is 0 Å². The Morgan fingerprint density at radius 1 is 1.73 bits per heavy atom. The number of carbonyl (C=O) groups is 1. The highest BCUT2D eigenvalue weighted by Crippen LogP contribution is 2.14. The van der Waals surface area contributed by atoms with E-state index < -0.39 is 5.91 Å². The van der Waals surface area contributed by atoms with Gasteiger partial charge in [0.05, 0.1) is 0 Å². The third-order valence-electron chi connectivity index (χ3n) is 0.920. The van der Waals surface area contributed by atoms with E-state index in [-0.39, 0.29) is 5.76 Å². The highest BCUT2D eigenvalue weighted by Gasteiger charge is 2.06. The van der Waals surface area contributed by atoms with Gasteiger partial charge in [-0.3, -0.25) is 4.79 Å². The smallest absolute Gasteiger partial charge is 0.284 e. The Bertz CT molecular complexity index is 326. The molecule has 0 aliphatic carbocycles. The lowest BCUT2D eigenvalue weighted by Crippen LogP contribution is -1.88. The van der Waals surface area contributed by atoms with Crippen LogP contribution in [0.3, 0.4) is 0 Å². The standard InChI is InChI=1S/C5H2BrN3O2/c6-4-2-1-3(11-4)5(10)8-9-7/h1-2H. The summed E-state index contributed by atoms with van der Waals surface area (Å²) in [5.41, 5.74) is 7.89. The molecular formula is C5H2BrN3O2. The molecule has 0 fully saturated rings. The van der Waals surface area contributed by atoms with E-state index in [0.717, 1.165) is 0 Å². The van der Waals surface area contributed by atoms with Gasteiger partial charge in [-0.1, -0.05) is 0 Å². The van der Waals surface area contributed by atoms with E-state index in [9.17, 15) is 4.79 Å². The van der Waals surface area contributed by atoms with Gasteiger partial charge in [0.2, 0.25) is 0 Å². The summed E-state index contributed by atoms with van der Waals surface area (Å²) in [4.78, 5) is 13.0. The number of furan rings is 1. The Morgan fingerprint density at radius 2 is 2.45 bits per heavy atom. The lowest BCUT2D eigenvalue weighted by Gasteiger charge is -1.82. The Kier molecular flexibility index (Phi) is 2.30.